The van der Waals surface area contributed by atoms with Gasteiger partial charge in [0, 0.05) is 32.0 Å². The smallest absolute Gasteiger partial charge is 0.279 e. The normalized spacial score (nSPS) is 20.5. The first kappa shape index (κ1) is 16.4. The summed E-state index contributed by atoms with van der Waals surface area (Å²) < 4.78 is 28.9. The predicted molar refractivity (Wildman–Crippen MR) is 83.1 cm³/mol. The molecule has 1 atom stereocenters. The molecule has 6 nitrogen and oxygen atoms in total. The maximum absolute atomic E-state index is 12.3. The van der Waals surface area contributed by atoms with Crippen LogP contribution in [-0.4, -0.2) is 50.9 Å². The maximum atomic E-state index is 12.3. The van der Waals surface area contributed by atoms with E-state index in [4.69, 9.17) is 0 Å². The Morgan fingerprint density at radius 1 is 1.38 bits per heavy atom. The lowest BCUT2D eigenvalue weighted by molar-refractivity contribution is 0.261. The molecule has 1 aliphatic heterocycles. The number of hydrogen-bond donors (Lipinski definition) is 2. The van der Waals surface area contributed by atoms with Crippen molar-refractivity contribution in [2.75, 3.05) is 33.2 Å². The highest BCUT2D eigenvalue weighted by molar-refractivity contribution is 7.87. The van der Waals surface area contributed by atoms with E-state index >= 15 is 0 Å². The molecule has 0 radical (unpaired) electrons. The molecule has 0 saturated carbocycles. The minimum Gasteiger partial charge on any atom is -0.319 e. The summed E-state index contributed by atoms with van der Waals surface area (Å²) in [6.45, 7) is 2.50. The van der Waals surface area contributed by atoms with Gasteiger partial charge < -0.3 is 5.32 Å². The summed E-state index contributed by atoms with van der Waals surface area (Å²) in [6, 6.07) is 3.80. The highest BCUT2D eigenvalue weighted by Gasteiger charge is 2.28. The van der Waals surface area contributed by atoms with Crippen molar-refractivity contribution >= 4 is 10.2 Å². The fourth-order valence-corrected chi connectivity index (χ4v) is 3.98. The third-order valence-electron chi connectivity index (χ3n) is 3.76. The van der Waals surface area contributed by atoms with Gasteiger partial charge in [0.25, 0.3) is 10.2 Å². The van der Waals surface area contributed by atoms with Crippen molar-refractivity contribution in [2.45, 2.75) is 19.3 Å². The number of pyridine rings is 1. The van der Waals surface area contributed by atoms with Crippen LogP contribution in [0.3, 0.4) is 0 Å². The maximum Gasteiger partial charge on any atom is 0.279 e. The molecule has 7 heteroatoms. The number of piperidine rings is 1. The van der Waals surface area contributed by atoms with Crippen molar-refractivity contribution in [2.24, 2.45) is 5.92 Å². The van der Waals surface area contributed by atoms with Gasteiger partial charge >= 0.3 is 0 Å². The first-order chi connectivity index (χ1) is 10.1. The standard InChI is InChI=1S/C14H24N4O2S/c1-15-11-14-3-2-10-18(12-14)21(19,20)17-9-6-13-4-7-16-8-5-13/h4-5,7-8,14-15,17H,2-3,6,9-12H2,1H3. The van der Waals surface area contributed by atoms with Gasteiger partial charge in [0.05, 0.1) is 0 Å². The van der Waals surface area contributed by atoms with Gasteiger partial charge in [-0.2, -0.15) is 12.7 Å². The molecule has 0 bridgehead atoms. The topological polar surface area (TPSA) is 74.3 Å². The summed E-state index contributed by atoms with van der Waals surface area (Å²) in [5.74, 6) is 0.403. The van der Waals surface area contributed by atoms with Crippen LogP contribution in [0, 0.1) is 5.92 Å². The summed E-state index contributed by atoms with van der Waals surface area (Å²) in [7, 11) is -1.46. The van der Waals surface area contributed by atoms with Gasteiger partial charge in [0.15, 0.2) is 0 Å². The van der Waals surface area contributed by atoms with Crippen molar-refractivity contribution in [1.82, 2.24) is 19.3 Å². The number of hydrogen-bond acceptors (Lipinski definition) is 4. The van der Waals surface area contributed by atoms with Gasteiger partial charge in [-0.15, -0.1) is 0 Å². The molecule has 1 unspecified atom stereocenters. The number of rotatable bonds is 7. The Kier molecular flexibility index (Phi) is 6.10. The largest absolute Gasteiger partial charge is 0.319 e. The van der Waals surface area contributed by atoms with E-state index in [1.165, 1.54) is 0 Å². The first-order valence-corrected chi connectivity index (χ1v) is 8.84. The molecule has 21 heavy (non-hydrogen) atoms. The van der Waals surface area contributed by atoms with Crippen molar-refractivity contribution < 1.29 is 8.42 Å². The number of aromatic nitrogens is 1. The van der Waals surface area contributed by atoms with Crippen molar-refractivity contribution in [3.8, 4) is 0 Å². The zero-order valence-corrected chi connectivity index (χ0v) is 13.3. The van der Waals surface area contributed by atoms with E-state index in [1.54, 1.807) is 16.7 Å². The van der Waals surface area contributed by atoms with Crippen LogP contribution in [0.25, 0.3) is 0 Å². The van der Waals surface area contributed by atoms with Crippen molar-refractivity contribution in [3.63, 3.8) is 0 Å². The molecule has 2 rings (SSSR count). The van der Waals surface area contributed by atoms with Crippen LogP contribution < -0.4 is 10.0 Å². The third-order valence-corrected chi connectivity index (χ3v) is 5.34. The van der Waals surface area contributed by atoms with Crippen LogP contribution in [-0.2, 0) is 16.6 Å². The van der Waals surface area contributed by atoms with E-state index < -0.39 is 10.2 Å². The third kappa shape index (κ3) is 5.03. The Bertz CT molecular complexity index is 519. The monoisotopic (exact) mass is 312 g/mol. The van der Waals surface area contributed by atoms with E-state index in [-0.39, 0.29) is 0 Å². The van der Waals surface area contributed by atoms with Crippen LogP contribution in [0.15, 0.2) is 24.5 Å². The highest BCUT2D eigenvalue weighted by Crippen LogP contribution is 2.17. The Balaban J connectivity index is 1.83. The zero-order chi connectivity index (χ0) is 15.1. The molecule has 0 spiro atoms. The fraction of sp³-hybridized carbons (Fsp3) is 0.643. The van der Waals surface area contributed by atoms with Crippen LogP contribution in [0.1, 0.15) is 18.4 Å². The summed E-state index contributed by atoms with van der Waals surface area (Å²) in [5.41, 5.74) is 1.08. The molecule has 0 amide bonds. The van der Waals surface area contributed by atoms with Gasteiger partial charge in [0.2, 0.25) is 0 Å². The molecule has 2 N–H and O–H groups in total. The second kappa shape index (κ2) is 7.84. The lowest BCUT2D eigenvalue weighted by Gasteiger charge is -2.31. The Labute approximate surface area is 127 Å². The molecular formula is C14H24N4O2S. The lowest BCUT2D eigenvalue weighted by atomic mass is 10.00. The molecule has 0 aliphatic carbocycles. The fourth-order valence-electron chi connectivity index (χ4n) is 2.67. The summed E-state index contributed by atoms with van der Waals surface area (Å²) in [4.78, 5) is 3.95. The van der Waals surface area contributed by atoms with E-state index in [0.717, 1.165) is 24.9 Å². The molecule has 1 aromatic rings. The van der Waals surface area contributed by atoms with Crippen LogP contribution >= 0.6 is 0 Å². The number of nitrogens with one attached hydrogen (secondary N) is 2. The minimum absolute atomic E-state index is 0.403. The first-order valence-electron chi connectivity index (χ1n) is 7.40. The molecule has 1 saturated heterocycles. The van der Waals surface area contributed by atoms with Crippen molar-refractivity contribution in [3.05, 3.63) is 30.1 Å². The SMILES string of the molecule is CNCC1CCCN(S(=O)(=O)NCCc2ccncc2)C1. The van der Waals surface area contributed by atoms with Gasteiger partial charge in [0.1, 0.15) is 0 Å². The highest BCUT2D eigenvalue weighted by atomic mass is 32.2. The molecular weight excluding hydrogens is 288 g/mol. The van der Waals surface area contributed by atoms with Gasteiger partial charge in [-0.25, -0.2) is 4.72 Å². The zero-order valence-electron chi connectivity index (χ0n) is 12.5. The van der Waals surface area contributed by atoms with Crippen molar-refractivity contribution in [1.29, 1.82) is 0 Å². The molecule has 0 aromatic carbocycles. The quantitative estimate of drug-likeness (QED) is 0.764. The minimum atomic E-state index is -3.36. The van der Waals surface area contributed by atoms with Crippen LogP contribution in [0.2, 0.25) is 0 Å². The summed E-state index contributed by atoms with van der Waals surface area (Å²) in [5, 5.41) is 3.13. The molecule has 1 aromatic heterocycles. The van der Waals surface area contributed by atoms with E-state index in [1.807, 2.05) is 19.2 Å². The molecule has 118 valence electrons. The van der Waals surface area contributed by atoms with Crippen LogP contribution in [0.4, 0.5) is 0 Å². The summed E-state index contributed by atoms with van der Waals surface area (Å²) >= 11 is 0. The van der Waals surface area contributed by atoms with Gasteiger partial charge in [-0.1, -0.05) is 0 Å². The average molecular weight is 312 g/mol. The second-order valence-corrected chi connectivity index (χ2v) is 7.18. The summed E-state index contributed by atoms with van der Waals surface area (Å²) in [6.07, 6.45) is 6.13. The average Bonchev–Trinajstić information content (AvgIpc) is 2.49. The molecule has 1 aliphatic rings. The molecule has 2 heterocycles. The second-order valence-electron chi connectivity index (χ2n) is 5.43. The lowest BCUT2D eigenvalue weighted by Crippen LogP contribution is -2.47. The van der Waals surface area contributed by atoms with Crippen LogP contribution in [0.5, 0.6) is 0 Å². The number of nitrogens with zero attached hydrogens (tertiary/aromatic N) is 2. The Morgan fingerprint density at radius 3 is 2.86 bits per heavy atom. The Hall–Kier alpha value is -1.02. The van der Waals surface area contributed by atoms with E-state index in [2.05, 4.69) is 15.0 Å². The molecule has 1 fully saturated rings. The van der Waals surface area contributed by atoms with E-state index in [9.17, 15) is 8.42 Å². The van der Waals surface area contributed by atoms with Gasteiger partial charge in [-0.3, -0.25) is 4.98 Å². The van der Waals surface area contributed by atoms with E-state index in [0.29, 0.717) is 32.0 Å². The van der Waals surface area contributed by atoms with Gasteiger partial charge in [-0.05, 0) is 56.5 Å². The predicted octanol–water partition coefficient (Wildman–Crippen LogP) is 0.390. The Morgan fingerprint density at radius 2 is 2.14 bits per heavy atom.